The van der Waals surface area contributed by atoms with Crippen molar-refractivity contribution >= 4 is 27.5 Å². The minimum absolute atomic E-state index is 0.113. The lowest BCUT2D eigenvalue weighted by Gasteiger charge is -2.10. The van der Waals surface area contributed by atoms with Gasteiger partial charge < -0.3 is 5.32 Å². The molecule has 18 heavy (non-hydrogen) atoms. The quantitative estimate of drug-likeness (QED) is 0.942. The molecule has 0 saturated heterocycles. The molecule has 1 aromatic heterocycles. The molecule has 1 amide bonds. The summed E-state index contributed by atoms with van der Waals surface area (Å²) in [6.45, 7) is 2.22. The Morgan fingerprint density at radius 1 is 1.50 bits per heavy atom. The Balaban J connectivity index is 2.07. The maximum Gasteiger partial charge on any atom is 0.246 e. The summed E-state index contributed by atoms with van der Waals surface area (Å²) in [5.41, 5.74) is 1.93. The number of rotatable bonds is 4. The van der Waals surface area contributed by atoms with Crippen LogP contribution in [-0.4, -0.2) is 20.7 Å². The second kappa shape index (κ2) is 5.77. The fourth-order valence-electron chi connectivity index (χ4n) is 1.63. The van der Waals surface area contributed by atoms with Crippen LogP contribution >= 0.6 is 15.9 Å². The van der Waals surface area contributed by atoms with E-state index in [9.17, 15) is 4.79 Å². The zero-order chi connectivity index (χ0) is 13.0. The molecule has 0 bridgehead atoms. The zero-order valence-corrected chi connectivity index (χ0v) is 11.5. The van der Waals surface area contributed by atoms with Crippen molar-refractivity contribution in [3.05, 3.63) is 40.9 Å². The summed E-state index contributed by atoms with van der Waals surface area (Å²) in [7, 11) is 0. The van der Waals surface area contributed by atoms with Gasteiger partial charge in [0.25, 0.3) is 0 Å². The predicted molar refractivity (Wildman–Crippen MR) is 72.2 cm³/mol. The van der Waals surface area contributed by atoms with Crippen LogP contribution in [0.15, 0.2) is 35.3 Å². The molecule has 0 spiro atoms. The molecule has 5 nitrogen and oxygen atoms in total. The van der Waals surface area contributed by atoms with Crippen molar-refractivity contribution in [2.45, 2.75) is 19.9 Å². The number of amides is 1. The van der Waals surface area contributed by atoms with Crippen molar-refractivity contribution in [3.63, 3.8) is 0 Å². The molecule has 0 aliphatic carbocycles. The minimum atomic E-state index is -0.113. The van der Waals surface area contributed by atoms with E-state index in [1.165, 1.54) is 17.3 Å². The highest BCUT2D eigenvalue weighted by Crippen LogP contribution is 2.21. The number of halogens is 1. The molecule has 0 fully saturated rings. The lowest BCUT2D eigenvalue weighted by molar-refractivity contribution is -0.116. The summed E-state index contributed by atoms with van der Waals surface area (Å²) >= 11 is 3.42. The van der Waals surface area contributed by atoms with Crippen molar-refractivity contribution < 1.29 is 4.79 Å². The molecular weight excluding hydrogens is 296 g/mol. The zero-order valence-electron chi connectivity index (χ0n) is 9.93. The third-order valence-electron chi connectivity index (χ3n) is 2.49. The number of anilines is 1. The van der Waals surface area contributed by atoms with Crippen LogP contribution in [0.2, 0.25) is 0 Å². The van der Waals surface area contributed by atoms with E-state index in [0.29, 0.717) is 0 Å². The van der Waals surface area contributed by atoms with Gasteiger partial charge in [-0.05, 0) is 30.2 Å². The van der Waals surface area contributed by atoms with Crippen molar-refractivity contribution in [2.75, 3.05) is 5.32 Å². The molecule has 2 aromatic rings. The van der Waals surface area contributed by atoms with Gasteiger partial charge in [-0.3, -0.25) is 4.79 Å². The Morgan fingerprint density at radius 3 is 3.00 bits per heavy atom. The van der Waals surface area contributed by atoms with E-state index in [1.807, 2.05) is 18.2 Å². The molecular formula is C12H13BrN4O. The summed E-state index contributed by atoms with van der Waals surface area (Å²) < 4.78 is 2.49. The fraction of sp³-hybridized carbons (Fsp3) is 0.250. The second-order valence-corrected chi connectivity index (χ2v) is 4.71. The number of nitrogens with zero attached hydrogens (tertiary/aromatic N) is 3. The lowest BCUT2D eigenvalue weighted by atomic mass is 10.1. The van der Waals surface area contributed by atoms with Crippen LogP contribution in [0.5, 0.6) is 0 Å². The Hall–Kier alpha value is -1.69. The molecule has 1 aromatic carbocycles. The third-order valence-corrected chi connectivity index (χ3v) is 2.99. The molecule has 0 atom stereocenters. The number of benzene rings is 1. The maximum absolute atomic E-state index is 11.8. The lowest BCUT2D eigenvalue weighted by Crippen LogP contribution is -2.19. The van der Waals surface area contributed by atoms with Gasteiger partial charge in [0.1, 0.15) is 19.2 Å². The van der Waals surface area contributed by atoms with Crippen molar-refractivity contribution in [3.8, 4) is 0 Å². The monoisotopic (exact) mass is 308 g/mol. The molecule has 94 valence electrons. The molecule has 0 aliphatic heterocycles. The van der Waals surface area contributed by atoms with Gasteiger partial charge in [0.15, 0.2) is 0 Å². The third kappa shape index (κ3) is 3.16. The molecule has 1 heterocycles. The Kier molecular flexibility index (Phi) is 4.09. The van der Waals surface area contributed by atoms with E-state index >= 15 is 0 Å². The topological polar surface area (TPSA) is 59.8 Å². The number of aryl methyl sites for hydroxylation is 1. The first-order valence-corrected chi connectivity index (χ1v) is 6.39. The molecule has 2 rings (SSSR count). The molecule has 0 saturated carbocycles. The van der Waals surface area contributed by atoms with Gasteiger partial charge in [-0.15, -0.1) is 0 Å². The van der Waals surface area contributed by atoms with E-state index < -0.39 is 0 Å². The van der Waals surface area contributed by atoms with Gasteiger partial charge in [0.2, 0.25) is 5.91 Å². The smallest absolute Gasteiger partial charge is 0.246 e. The van der Waals surface area contributed by atoms with Gasteiger partial charge >= 0.3 is 0 Å². The maximum atomic E-state index is 11.8. The van der Waals surface area contributed by atoms with E-state index in [-0.39, 0.29) is 12.5 Å². The van der Waals surface area contributed by atoms with E-state index in [2.05, 4.69) is 38.3 Å². The summed E-state index contributed by atoms with van der Waals surface area (Å²) in [4.78, 5) is 15.6. The van der Waals surface area contributed by atoms with Gasteiger partial charge in [0.05, 0.1) is 0 Å². The van der Waals surface area contributed by atoms with Crippen LogP contribution in [0.1, 0.15) is 12.5 Å². The average Bonchev–Trinajstić information content (AvgIpc) is 2.84. The van der Waals surface area contributed by atoms with Crippen LogP contribution in [0.3, 0.4) is 0 Å². The van der Waals surface area contributed by atoms with E-state index in [1.54, 1.807) is 0 Å². The number of carbonyl (C=O) groups is 1. The summed E-state index contributed by atoms with van der Waals surface area (Å²) in [5, 5.41) is 6.77. The highest BCUT2D eigenvalue weighted by Gasteiger charge is 2.07. The van der Waals surface area contributed by atoms with Crippen molar-refractivity contribution in [2.24, 2.45) is 0 Å². The first-order valence-electron chi connectivity index (χ1n) is 5.59. The first kappa shape index (κ1) is 12.8. The SMILES string of the molecule is CCc1cc(Br)ccc1NC(=O)Cn1cncn1. The molecule has 6 heteroatoms. The standard InChI is InChI=1S/C12H13BrN4O/c1-2-9-5-10(13)3-4-11(9)16-12(18)6-17-8-14-7-15-17/h3-5,7-8H,2,6H2,1H3,(H,16,18). The highest BCUT2D eigenvalue weighted by atomic mass is 79.9. The first-order chi connectivity index (χ1) is 8.69. The molecule has 0 aliphatic rings. The Bertz CT molecular complexity index is 539. The van der Waals surface area contributed by atoms with Crippen LogP contribution in [0, 0.1) is 0 Å². The van der Waals surface area contributed by atoms with Gasteiger partial charge in [-0.1, -0.05) is 22.9 Å². The van der Waals surface area contributed by atoms with Crippen molar-refractivity contribution in [1.29, 1.82) is 0 Å². The Morgan fingerprint density at radius 2 is 2.33 bits per heavy atom. The summed E-state index contributed by atoms with van der Waals surface area (Å²) in [6, 6.07) is 5.80. The minimum Gasteiger partial charge on any atom is -0.324 e. The normalized spacial score (nSPS) is 10.3. The number of aromatic nitrogens is 3. The van der Waals surface area contributed by atoms with Crippen LogP contribution in [0.4, 0.5) is 5.69 Å². The van der Waals surface area contributed by atoms with Gasteiger partial charge in [0, 0.05) is 10.2 Å². The highest BCUT2D eigenvalue weighted by molar-refractivity contribution is 9.10. The molecule has 0 radical (unpaired) electrons. The summed E-state index contributed by atoms with van der Waals surface area (Å²) in [6.07, 6.45) is 3.78. The van der Waals surface area contributed by atoms with Gasteiger partial charge in [-0.25, -0.2) is 9.67 Å². The van der Waals surface area contributed by atoms with E-state index in [0.717, 1.165) is 22.1 Å². The second-order valence-electron chi connectivity index (χ2n) is 3.80. The van der Waals surface area contributed by atoms with Crippen LogP contribution in [0.25, 0.3) is 0 Å². The number of carbonyl (C=O) groups excluding carboxylic acids is 1. The van der Waals surface area contributed by atoms with Gasteiger partial charge in [-0.2, -0.15) is 5.10 Å². The number of hydrogen-bond donors (Lipinski definition) is 1. The van der Waals surface area contributed by atoms with Crippen LogP contribution < -0.4 is 5.32 Å². The molecule has 0 unspecified atom stereocenters. The predicted octanol–water partition coefficient (Wildman–Crippen LogP) is 2.24. The number of nitrogens with one attached hydrogen (secondary N) is 1. The van der Waals surface area contributed by atoms with E-state index in [4.69, 9.17) is 0 Å². The summed E-state index contributed by atoms with van der Waals surface area (Å²) in [5.74, 6) is -0.113. The largest absolute Gasteiger partial charge is 0.324 e. The number of hydrogen-bond acceptors (Lipinski definition) is 3. The Labute approximate surface area is 113 Å². The molecule has 1 N–H and O–H groups in total. The van der Waals surface area contributed by atoms with Crippen molar-refractivity contribution in [1.82, 2.24) is 14.8 Å². The average molecular weight is 309 g/mol. The van der Waals surface area contributed by atoms with Crippen LogP contribution in [-0.2, 0) is 17.8 Å². The fourth-order valence-corrected chi connectivity index (χ4v) is 2.04.